The molecule has 0 aliphatic heterocycles. The van der Waals surface area contributed by atoms with Crippen molar-refractivity contribution in [2.75, 3.05) is 19.8 Å². The Morgan fingerprint density at radius 2 is 1.94 bits per heavy atom. The molecule has 0 spiro atoms. The molecule has 0 aliphatic carbocycles. The van der Waals surface area contributed by atoms with Gasteiger partial charge >= 0.3 is 0 Å². The molecule has 0 aromatic carbocycles. The summed E-state index contributed by atoms with van der Waals surface area (Å²) >= 11 is 0. The molecule has 2 amide bonds. The number of aromatic nitrogens is 4. The van der Waals surface area contributed by atoms with E-state index in [2.05, 4.69) is 25.7 Å². The number of carbonyl (C=O) groups excluding carboxylic acids is 2. The molecule has 0 aliphatic rings. The Bertz CT molecular complexity index is 633. The highest BCUT2D eigenvalue weighted by Gasteiger charge is 2.18. The minimum atomic E-state index is -0.452. The van der Waals surface area contributed by atoms with E-state index in [4.69, 9.17) is 5.73 Å². The van der Waals surface area contributed by atoms with Gasteiger partial charge in [-0.3, -0.25) is 9.59 Å². The summed E-state index contributed by atoms with van der Waals surface area (Å²) in [4.78, 5) is 30.6. The lowest BCUT2D eigenvalue weighted by Gasteiger charge is -2.00. The predicted octanol–water partition coefficient (Wildman–Crippen LogP) is -1.57. The average molecular weight is 249 g/mol. The third-order valence-corrected chi connectivity index (χ3v) is 2.29. The van der Waals surface area contributed by atoms with Crippen LogP contribution in [0.4, 0.5) is 5.95 Å². The van der Waals surface area contributed by atoms with Crippen LogP contribution in [0.25, 0.3) is 5.52 Å². The second-order valence-corrected chi connectivity index (χ2v) is 3.36. The molecule has 0 radical (unpaired) electrons. The van der Waals surface area contributed by atoms with Gasteiger partial charge in [-0.05, 0) is 0 Å². The normalized spacial score (nSPS) is 10.3. The molecule has 2 heterocycles. The first-order chi connectivity index (χ1) is 8.58. The maximum absolute atomic E-state index is 11.5. The minimum absolute atomic E-state index is 0.0103. The number of carbonyl (C=O) groups is 2. The van der Waals surface area contributed by atoms with Crippen LogP contribution in [0.1, 0.15) is 21.1 Å². The van der Waals surface area contributed by atoms with E-state index in [1.54, 1.807) is 0 Å². The molecule has 2 aromatic heterocycles. The summed E-state index contributed by atoms with van der Waals surface area (Å²) in [5, 5.41) is 8.73. The monoisotopic (exact) mass is 249 g/mol. The van der Waals surface area contributed by atoms with E-state index in [9.17, 15) is 9.59 Å². The van der Waals surface area contributed by atoms with Crippen molar-refractivity contribution in [2.24, 2.45) is 0 Å². The number of imidazole rings is 1. The number of hydrogen-bond acceptors (Lipinski definition) is 6. The van der Waals surface area contributed by atoms with Gasteiger partial charge in [0.15, 0.2) is 5.69 Å². The number of fused-ring (bicyclic) bond motifs is 1. The molecule has 0 unspecified atom stereocenters. The van der Waals surface area contributed by atoms with Crippen molar-refractivity contribution >= 4 is 23.3 Å². The summed E-state index contributed by atoms with van der Waals surface area (Å²) in [6.07, 6.45) is 1.32. The molecule has 4 N–H and O–H groups in total. The van der Waals surface area contributed by atoms with E-state index in [1.165, 1.54) is 24.8 Å². The molecule has 0 saturated carbocycles. The first kappa shape index (κ1) is 11.8. The van der Waals surface area contributed by atoms with Gasteiger partial charge in [0.25, 0.3) is 11.8 Å². The van der Waals surface area contributed by atoms with Crippen LogP contribution in [0.15, 0.2) is 6.20 Å². The van der Waals surface area contributed by atoms with E-state index >= 15 is 0 Å². The third kappa shape index (κ3) is 1.71. The Kier molecular flexibility index (Phi) is 2.80. The molecule has 0 atom stereocenters. The van der Waals surface area contributed by atoms with Crippen LogP contribution < -0.4 is 16.4 Å². The number of nitrogens with zero attached hydrogens (tertiary/aromatic N) is 4. The first-order valence-electron chi connectivity index (χ1n) is 5.04. The lowest BCUT2D eigenvalue weighted by atomic mass is 10.3. The van der Waals surface area contributed by atoms with Crippen molar-refractivity contribution in [3.63, 3.8) is 0 Å². The van der Waals surface area contributed by atoms with Gasteiger partial charge in [-0.15, -0.1) is 5.10 Å². The standard InChI is InChI=1S/C9H11N7O2/c1-11-7(17)5-4-3-13-6(8(18)12-2)15-16(4)9(10)14-5/h3H,1-2H3,(H2,10,14)(H,11,17)(H,12,18). The van der Waals surface area contributed by atoms with Gasteiger partial charge in [0.1, 0.15) is 5.52 Å². The molecule has 0 bridgehead atoms. The SMILES string of the molecule is CNC(=O)c1ncc2c(C(=O)NC)nc(N)n2n1. The molecule has 0 saturated heterocycles. The van der Waals surface area contributed by atoms with Crippen molar-refractivity contribution in [2.45, 2.75) is 0 Å². The van der Waals surface area contributed by atoms with Crippen LogP contribution in [0.5, 0.6) is 0 Å². The van der Waals surface area contributed by atoms with Gasteiger partial charge < -0.3 is 16.4 Å². The van der Waals surface area contributed by atoms with Crippen LogP contribution in [0.2, 0.25) is 0 Å². The summed E-state index contributed by atoms with van der Waals surface area (Å²) in [5.74, 6) is -0.902. The van der Waals surface area contributed by atoms with E-state index in [0.29, 0.717) is 5.52 Å². The summed E-state index contributed by atoms with van der Waals surface area (Å²) in [6, 6.07) is 0. The number of nitrogens with one attached hydrogen (secondary N) is 2. The summed E-state index contributed by atoms with van der Waals surface area (Å²) in [5.41, 5.74) is 6.07. The molecule has 9 heteroatoms. The van der Waals surface area contributed by atoms with Gasteiger partial charge in [0, 0.05) is 14.1 Å². The molecule has 18 heavy (non-hydrogen) atoms. The van der Waals surface area contributed by atoms with Crippen molar-refractivity contribution in [1.29, 1.82) is 0 Å². The number of rotatable bonds is 2. The fourth-order valence-electron chi connectivity index (χ4n) is 1.41. The smallest absolute Gasteiger partial charge is 0.290 e. The van der Waals surface area contributed by atoms with E-state index in [1.807, 2.05) is 0 Å². The van der Waals surface area contributed by atoms with Gasteiger partial charge in [-0.1, -0.05) is 0 Å². The first-order valence-corrected chi connectivity index (χ1v) is 5.04. The number of amides is 2. The molecule has 2 rings (SSSR count). The minimum Gasteiger partial charge on any atom is -0.368 e. The van der Waals surface area contributed by atoms with Crippen molar-refractivity contribution in [3.8, 4) is 0 Å². The average Bonchev–Trinajstić information content (AvgIpc) is 2.74. The van der Waals surface area contributed by atoms with Crippen LogP contribution >= 0.6 is 0 Å². The van der Waals surface area contributed by atoms with E-state index < -0.39 is 11.8 Å². The number of nitrogen functional groups attached to an aromatic ring is 1. The largest absolute Gasteiger partial charge is 0.368 e. The highest BCUT2D eigenvalue weighted by molar-refractivity contribution is 5.99. The number of anilines is 1. The van der Waals surface area contributed by atoms with Crippen LogP contribution in [0.3, 0.4) is 0 Å². The number of hydrogen-bond donors (Lipinski definition) is 3. The maximum Gasteiger partial charge on any atom is 0.290 e. The molecular formula is C9H11N7O2. The van der Waals surface area contributed by atoms with E-state index in [-0.39, 0.29) is 17.5 Å². The molecule has 2 aromatic rings. The van der Waals surface area contributed by atoms with Gasteiger partial charge in [0.2, 0.25) is 11.8 Å². The highest BCUT2D eigenvalue weighted by Crippen LogP contribution is 2.12. The quantitative estimate of drug-likeness (QED) is 0.589. The summed E-state index contributed by atoms with van der Waals surface area (Å²) < 4.78 is 1.20. The second kappa shape index (κ2) is 4.28. The predicted molar refractivity (Wildman–Crippen MR) is 62.0 cm³/mol. The highest BCUT2D eigenvalue weighted by atomic mass is 16.2. The Morgan fingerprint density at radius 1 is 1.28 bits per heavy atom. The Hall–Kier alpha value is -2.71. The summed E-state index contributed by atoms with van der Waals surface area (Å²) in [7, 11) is 2.94. The zero-order valence-electron chi connectivity index (χ0n) is 9.76. The Morgan fingerprint density at radius 3 is 2.56 bits per heavy atom. The topological polar surface area (TPSA) is 127 Å². The zero-order chi connectivity index (χ0) is 13.3. The van der Waals surface area contributed by atoms with Crippen LogP contribution in [0, 0.1) is 0 Å². The maximum atomic E-state index is 11.5. The van der Waals surface area contributed by atoms with Crippen molar-refractivity contribution < 1.29 is 9.59 Å². The lowest BCUT2D eigenvalue weighted by molar-refractivity contribution is 0.0948. The van der Waals surface area contributed by atoms with Crippen LogP contribution in [-0.2, 0) is 0 Å². The van der Waals surface area contributed by atoms with E-state index in [0.717, 1.165) is 0 Å². The Balaban J connectivity index is 2.62. The lowest BCUT2D eigenvalue weighted by Crippen LogP contribution is -2.22. The van der Waals surface area contributed by atoms with Gasteiger partial charge in [-0.2, -0.15) is 4.52 Å². The van der Waals surface area contributed by atoms with Crippen molar-refractivity contribution in [1.82, 2.24) is 30.2 Å². The third-order valence-electron chi connectivity index (χ3n) is 2.29. The number of nitrogens with two attached hydrogens (primary N) is 1. The molecule has 0 fully saturated rings. The Labute approximate surface area is 101 Å². The fourth-order valence-corrected chi connectivity index (χ4v) is 1.41. The van der Waals surface area contributed by atoms with Crippen LogP contribution in [-0.4, -0.2) is 45.5 Å². The second-order valence-electron chi connectivity index (χ2n) is 3.36. The van der Waals surface area contributed by atoms with Gasteiger partial charge in [-0.25, -0.2) is 9.97 Å². The zero-order valence-corrected chi connectivity index (χ0v) is 9.76. The molecule has 9 nitrogen and oxygen atoms in total. The van der Waals surface area contributed by atoms with Crippen molar-refractivity contribution in [3.05, 3.63) is 17.7 Å². The summed E-state index contributed by atoms with van der Waals surface area (Å²) in [6.45, 7) is 0. The molecular weight excluding hydrogens is 238 g/mol. The fraction of sp³-hybridized carbons (Fsp3) is 0.222. The van der Waals surface area contributed by atoms with Gasteiger partial charge in [0.05, 0.1) is 6.20 Å². The molecule has 94 valence electrons.